The molecule has 1 aliphatic heterocycles. The van der Waals surface area contributed by atoms with Gasteiger partial charge in [0.15, 0.2) is 11.9 Å². The molecule has 1 saturated heterocycles. The number of aliphatic hydroxyl groups excluding tert-OH is 1. The number of rotatable bonds is 2. The summed E-state index contributed by atoms with van der Waals surface area (Å²) < 4.78 is 11.0. The molecule has 0 radical (unpaired) electrons. The Kier molecular flexibility index (Phi) is 4.48. The van der Waals surface area contributed by atoms with Crippen LogP contribution in [-0.4, -0.2) is 41.1 Å². The lowest BCUT2D eigenvalue weighted by atomic mass is 9.82. The van der Waals surface area contributed by atoms with Crippen LogP contribution in [0.1, 0.15) is 27.7 Å². The van der Waals surface area contributed by atoms with E-state index in [2.05, 4.69) is 6.58 Å². The smallest absolute Gasteiger partial charge is 0.334 e. The van der Waals surface area contributed by atoms with Crippen LogP contribution in [0.15, 0.2) is 46.6 Å². The molecule has 0 bridgehead atoms. The number of allylic oxidation sites excluding steroid dienone is 2. The van der Waals surface area contributed by atoms with E-state index in [0.717, 1.165) is 5.57 Å². The summed E-state index contributed by atoms with van der Waals surface area (Å²) in [4.78, 5) is 36.9. The summed E-state index contributed by atoms with van der Waals surface area (Å²) in [6, 6.07) is 0. The van der Waals surface area contributed by atoms with Crippen molar-refractivity contribution in [1.29, 1.82) is 0 Å². The molecular weight excluding hydrogens is 336 g/mol. The summed E-state index contributed by atoms with van der Waals surface area (Å²) in [5.41, 5.74) is 2.18. The molecule has 6 heteroatoms. The Labute approximate surface area is 151 Å². The number of fused-ring (bicyclic) bond motifs is 3. The Morgan fingerprint density at radius 2 is 2.00 bits per heavy atom. The minimum atomic E-state index is -1.23. The Hall–Kier alpha value is -2.47. The second-order valence-electron chi connectivity index (χ2n) is 7.04. The molecule has 0 unspecified atom stereocenters. The minimum Gasteiger partial charge on any atom is -0.457 e. The molecule has 26 heavy (non-hydrogen) atoms. The van der Waals surface area contributed by atoms with Crippen molar-refractivity contribution in [2.24, 2.45) is 11.8 Å². The fraction of sp³-hybridized carbons (Fsp3) is 0.450. The molecule has 0 aromatic rings. The van der Waals surface area contributed by atoms with Gasteiger partial charge in [0, 0.05) is 22.6 Å². The van der Waals surface area contributed by atoms with Gasteiger partial charge in [0.05, 0.1) is 5.92 Å². The van der Waals surface area contributed by atoms with Crippen LogP contribution in [0, 0.1) is 11.8 Å². The van der Waals surface area contributed by atoms with E-state index in [0.29, 0.717) is 16.7 Å². The summed E-state index contributed by atoms with van der Waals surface area (Å²) in [7, 11) is 0. The molecule has 1 fully saturated rings. The molecule has 0 aromatic heterocycles. The van der Waals surface area contributed by atoms with Gasteiger partial charge in [-0.2, -0.15) is 0 Å². The third-order valence-corrected chi connectivity index (χ3v) is 5.53. The highest BCUT2D eigenvalue weighted by Gasteiger charge is 2.55. The maximum atomic E-state index is 12.5. The largest absolute Gasteiger partial charge is 0.457 e. The minimum absolute atomic E-state index is 0.132. The fourth-order valence-electron chi connectivity index (χ4n) is 3.98. The van der Waals surface area contributed by atoms with E-state index in [1.807, 2.05) is 0 Å². The number of ether oxygens (including phenoxy) is 2. The predicted molar refractivity (Wildman–Crippen MR) is 92.8 cm³/mol. The van der Waals surface area contributed by atoms with Gasteiger partial charge in [0.1, 0.15) is 12.2 Å². The molecule has 0 spiro atoms. The van der Waals surface area contributed by atoms with Crippen molar-refractivity contribution in [1.82, 2.24) is 0 Å². The van der Waals surface area contributed by atoms with E-state index in [-0.39, 0.29) is 11.4 Å². The number of carbonyl (C=O) groups excluding carboxylic acids is 3. The molecule has 3 aliphatic rings. The average molecular weight is 358 g/mol. The maximum Gasteiger partial charge on any atom is 0.334 e. The highest BCUT2D eigenvalue weighted by molar-refractivity contribution is 6.09. The fourth-order valence-corrected chi connectivity index (χ4v) is 3.98. The van der Waals surface area contributed by atoms with Gasteiger partial charge in [0.2, 0.25) is 0 Å². The molecule has 0 aromatic carbocycles. The molecule has 2 aliphatic carbocycles. The number of hydrogen-bond acceptors (Lipinski definition) is 6. The molecular formula is C20H22O6. The molecule has 138 valence electrons. The van der Waals surface area contributed by atoms with Crippen LogP contribution in [0.5, 0.6) is 0 Å². The van der Waals surface area contributed by atoms with Crippen molar-refractivity contribution in [2.45, 2.75) is 46.0 Å². The highest BCUT2D eigenvalue weighted by Crippen LogP contribution is 2.48. The molecule has 0 saturated carbocycles. The molecule has 1 N–H and O–H groups in total. The summed E-state index contributed by atoms with van der Waals surface area (Å²) in [5.74, 6) is -2.61. The lowest BCUT2D eigenvalue weighted by Gasteiger charge is -2.28. The van der Waals surface area contributed by atoms with Gasteiger partial charge in [0.25, 0.3) is 0 Å². The zero-order valence-corrected chi connectivity index (χ0v) is 15.2. The van der Waals surface area contributed by atoms with Crippen LogP contribution >= 0.6 is 0 Å². The number of esters is 2. The van der Waals surface area contributed by atoms with Crippen molar-refractivity contribution in [3.63, 3.8) is 0 Å². The number of aliphatic hydroxyl groups is 1. The average Bonchev–Trinajstić information content (AvgIpc) is 3.02. The first-order valence-corrected chi connectivity index (χ1v) is 8.54. The second-order valence-corrected chi connectivity index (χ2v) is 7.04. The predicted octanol–water partition coefficient (Wildman–Crippen LogP) is 1.80. The summed E-state index contributed by atoms with van der Waals surface area (Å²) >= 11 is 0. The number of ketones is 1. The first kappa shape index (κ1) is 18.3. The Morgan fingerprint density at radius 3 is 2.62 bits per heavy atom. The van der Waals surface area contributed by atoms with Crippen molar-refractivity contribution >= 4 is 17.7 Å². The topological polar surface area (TPSA) is 89.9 Å². The van der Waals surface area contributed by atoms with Crippen LogP contribution in [0.4, 0.5) is 0 Å². The van der Waals surface area contributed by atoms with Gasteiger partial charge < -0.3 is 14.6 Å². The normalized spacial score (nSPS) is 34.2. The lowest BCUT2D eigenvalue weighted by molar-refractivity contribution is -0.150. The molecule has 1 heterocycles. The zero-order valence-electron chi connectivity index (χ0n) is 15.2. The van der Waals surface area contributed by atoms with Crippen molar-refractivity contribution in [2.75, 3.05) is 0 Å². The summed E-state index contributed by atoms with van der Waals surface area (Å²) in [5, 5.41) is 11.0. The quantitative estimate of drug-likeness (QED) is 0.598. The maximum absolute atomic E-state index is 12.5. The van der Waals surface area contributed by atoms with Crippen molar-refractivity contribution in [3.8, 4) is 0 Å². The second kappa shape index (κ2) is 6.36. The first-order valence-electron chi connectivity index (χ1n) is 8.54. The van der Waals surface area contributed by atoms with E-state index in [1.165, 1.54) is 6.08 Å². The standard InChI is InChI=1S/C20H22O6/c1-6-8(2)19(23)25-17-10(4)14-12(21)7-9(3)13(14)18-15(16(17)22)11(5)20(24)26-18/h6-7,13,15-18,22H,5H2,1-4H3/b8-6-/t13-,15+,16+,17+,18+/m1/s1. The van der Waals surface area contributed by atoms with Crippen LogP contribution in [0.3, 0.4) is 0 Å². The van der Waals surface area contributed by atoms with Crippen LogP contribution in [0.2, 0.25) is 0 Å². The van der Waals surface area contributed by atoms with Gasteiger partial charge in [-0.05, 0) is 39.3 Å². The van der Waals surface area contributed by atoms with Gasteiger partial charge in [-0.1, -0.05) is 18.2 Å². The number of carbonyl (C=O) groups is 3. The van der Waals surface area contributed by atoms with Crippen molar-refractivity contribution in [3.05, 3.63) is 46.6 Å². The number of hydrogen-bond donors (Lipinski definition) is 1. The van der Waals surface area contributed by atoms with E-state index < -0.39 is 42.1 Å². The van der Waals surface area contributed by atoms with Gasteiger partial charge in [-0.3, -0.25) is 4.79 Å². The van der Waals surface area contributed by atoms with Crippen LogP contribution < -0.4 is 0 Å². The monoisotopic (exact) mass is 358 g/mol. The van der Waals surface area contributed by atoms with Gasteiger partial charge in [-0.15, -0.1) is 0 Å². The SMILES string of the molecule is C=C1C(=O)O[C@H]2[C@@H]3C(C)=CC(=O)C3=C(C)[C@H](OC(=O)/C(C)=C\C)[C@@H](O)[C@H]12. The Bertz CT molecular complexity index is 812. The Balaban J connectivity index is 2.12. The van der Waals surface area contributed by atoms with E-state index in [1.54, 1.807) is 33.8 Å². The third-order valence-electron chi connectivity index (χ3n) is 5.53. The van der Waals surface area contributed by atoms with E-state index in [9.17, 15) is 19.5 Å². The first-order chi connectivity index (χ1) is 12.2. The summed E-state index contributed by atoms with van der Waals surface area (Å²) in [6.45, 7) is 10.5. The van der Waals surface area contributed by atoms with Gasteiger partial charge >= 0.3 is 11.9 Å². The third kappa shape index (κ3) is 2.56. The molecule has 6 nitrogen and oxygen atoms in total. The zero-order chi connectivity index (χ0) is 19.3. The van der Waals surface area contributed by atoms with Crippen molar-refractivity contribution < 1.29 is 29.0 Å². The summed E-state index contributed by atoms with van der Waals surface area (Å²) in [6.07, 6.45) is 0.0888. The highest BCUT2D eigenvalue weighted by atomic mass is 16.6. The lowest BCUT2D eigenvalue weighted by Crippen LogP contribution is -2.41. The van der Waals surface area contributed by atoms with Crippen LogP contribution in [0.25, 0.3) is 0 Å². The molecule has 0 amide bonds. The van der Waals surface area contributed by atoms with Crippen LogP contribution in [-0.2, 0) is 23.9 Å². The van der Waals surface area contributed by atoms with E-state index >= 15 is 0 Å². The van der Waals surface area contributed by atoms with Gasteiger partial charge in [-0.25, -0.2) is 9.59 Å². The molecule has 3 rings (SSSR count). The Morgan fingerprint density at radius 1 is 1.35 bits per heavy atom. The van der Waals surface area contributed by atoms with E-state index in [4.69, 9.17) is 9.47 Å². The molecule has 5 atom stereocenters.